The van der Waals surface area contributed by atoms with Gasteiger partial charge in [-0.2, -0.15) is 13.2 Å². The van der Waals surface area contributed by atoms with Crippen LogP contribution in [0.1, 0.15) is 37.6 Å². The molecule has 1 heterocycles. The van der Waals surface area contributed by atoms with Crippen LogP contribution in [0.5, 0.6) is 0 Å². The van der Waals surface area contributed by atoms with Crippen LogP contribution in [0.2, 0.25) is 0 Å². The van der Waals surface area contributed by atoms with Gasteiger partial charge in [-0.1, -0.05) is 11.2 Å². The Bertz CT molecular complexity index is 1350. The van der Waals surface area contributed by atoms with E-state index in [1.807, 2.05) is 4.72 Å². The van der Waals surface area contributed by atoms with E-state index in [0.29, 0.717) is 6.07 Å². The minimum atomic E-state index is -4.98. The van der Waals surface area contributed by atoms with Crippen LogP contribution in [0, 0.1) is 13.8 Å². The number of hydrogen-bond donors (Lipinski definition) is 3. The molecular weight excluding hydrogens is 467 g/mol. The van der Waals surface area contributed by atoms with Gasteiger partial charge in [0.1, 0.15) is 11.3 Å². The SMILES string of the molecule is Cc1ccc(C(=O)O)cc1S(=O)(=O)Nc1ccc(NC(=O)c2cnoc2C)cc1C(F)(F)F. The summed E-state index contributed by atoms with van der Waals surface area (Å²) in [6, 6.07) is 5.74. The molecule has 3 aromatic rings. The van der Waals surface area contributed by atoms with E-state index in [4.69, 9.17) is 9.63 Å². The van der Waals surface area contributed by atoms with Crippen molar-refractivity contribution >= 4 is 33.3 Å². The summed E-state index contributed by atoms with van der Waals surface area (Å²) in [5.41, 5.74) is -2.62. The third kappa shape index (κ3) is 5.14. The van der Waals surface area contributed by atoms with E-state index in [1.54, 1.807) is 0 Å². The molecule has 1 amide bonds. The van der Waals surface area contributed by atoms with E-state index in [1.165, 1.54) is 26.0 Å². The molecule has 0 aliphatic carbocycles. The predicted molar refractivity (Wildman–Crippen MR) is 110 cm³/mol. The van der Waals surface area contributed by atoms with Crippen LogP contribution in [-0.4, -0.2) is 30.6 Å². The zero-order chi connectivity index (χ0) is 24.6. The van der Waals surface area contributed by atoms with Crippen LogP contribution in [0.4, 0.5) is 24.5 Å². The van der Waals surface area contributed by atoms with Crippen molar-refractivity contribution in [3.05, 3.63) is 70.6 Å². The number of amides is 1. The number of anilines is 2. The van der Waals surface area contributed by atoms with Gasteiger partial charge in [0, 0.05) is 5.69 Å². The molecule has 0 aliphatic rings. The summed E-state index contributed by atoms with van der Waals surface area (Å²) in [6.45, 7) is 2.82. The van der Waals surface area contributed by atoms with Gasteiger partial charge in [-0.3, -0.25) is 9.52 Å². The number of aryl methyl sites for hydroxylation is 2. The van der Waals surface area contributed by atoms with Crippen molar-refractivity contribution in [3.8, 4) is 0 Å². The molecule has 0 bridgehead atoms. The number of aromatic carboxylic acids is 1. The Kier molecular flexibility index (Phi) is 6.18. The number of benzene rings is 2. The largest absolute Gasteiger partial charge is 0.478 e. The number of alkyl halides is 3. The molecular formula is C20H16F3N3O6S. The van der Waals surface area contributed by atoms with Crippen molar-refractivity contribution < 1.29 is 40.8 Å². The summed E-state index contributed by atoms with van der Waals surface area (Å²) in [7, 11) is -4.58. The first-order valence-electron chi connectivity index (χ1n) is 9.10. The topological polar surface area (TPSA) is 139 Å². The average Bonchev–Trinajstić information content (AvgIpc) is 3.14. The van der Waals surface area contributed by atoms with Crippen molar-refractivity contribution in [2.24, 2.45) is 0 Å². The highest BCUT2D eigenvalue weighted by molar-refractivity contribution is 7.92. The van der Waals surface area contributed by atoms with Crippen molar-refractivity contribution in [2.45, 2.75) is 24.9 Å². The fourth-order valence-corrected chi connectivity index (χ4v) is 4.23. The molecule has 0 spiro atoms. The molecule has 1 aromatic heterocycles. The van der Waals surface area contributed by atoms with Crippen LogP contribution < -0.4 is 10.0 Å². The highest BCUT2D eigenvalue weighted by Gasteiger charge is 2.35. The van der Waals surface area contributed by atoms with Gasteiger partial charge in [0.2, 0.25) is 0 Å². The van der Waals surface area contributed by atoms with Crippen LogP contribution in [0.25, 0.3) is 0 Å². The summed E-state index contributed by atoms with van der Waals surface area (Å²) in [4.78, 5) is 22.9. The summed E-state index contributed by atoms with van der Waals surface area (Å²) in [5.74, 6) is -2.01. The fraction of sp³-hybridized carbons (Fsp3) is 0.150. The zero-order valence-corrected chi connectivity index (χ0v) is 17.8. The number of hydrogen-bond acceptors (Lipinski definition) is 6. The van der Waals surface area contributed by atoms with E-state index in [2.05, 4.69) is 10.5 Å². The molecule has 0 fully saturated rings. The van der Waals surface area contributed by atoms with Crippen LogP contribution in [0.15, 0.2) is 52.0 Å². The number of carbonyl (C=O) groups excluding carboxylic acids is 1. The van der Waals surface area contributed by atoms with Gasteiger partial charge in [-0.05, 0) is 49.7 Å². The first-order valence-corrected chi connectivity index (χ1v) is 10.6. The van der Waals surface area contributed by atoms with Gasteiger partial charge >= 0.3 is 12.1 Å². The van der Waals surface area contributed by atoms with Crippen LogP contribution in [0.3, 0.4) is 0 Å². The molecule has 33 heavy (non-hydrogen) atoms. The number of aromatic nitrogens is 1. The first kappa shape index (κ1) is 23.8. The van der Waals surface area contributed by atoms with Gasteiger partial charge in [0.15, 0.2) is 0 Å². The third-order valence-electron chi connectivity index (χ3n) is 4.55. The maximum Gasteiger partial charge on any atom is 0.418 e. The second-order valence-electron chi connectivity index (χ2n) is 6.90. The molecule has 0 radical (unpaired) electrons. The number of rotatable bonds is 6. The van der Waals surface area contributed by atoms with Crippen molar-refractivity contribution in [2.75, 3.05) is 10.0 Å². The van der Waals surface area contributed by atoms with Crippen LogP contribution in [-0.2, 0) is 16.2 Å². The van der Waals surface area contributed by atoms with Gasteiger partial charge in [-0.25, -0.2) is 13.2 Å². The molecule has 2 aromatic carbocycles. The molecule has 13 heteroatoms. The number of carboxylic acids is 1. The van der Waals surface area contributed by atoms with E-state index < -0.39 is 44.2 Å². The molecule has 0 aliphatic heterocycles. The van der Waals surface area contributed by atoms with Crippen LogP contribution >= 0.6 is 0 Å². The summed E-state index contributed by atoms with van der Waals surface area (Å²) < 4.78 is 73.2. The first-order chi connectivity index (χ1) is 15.3. The standard InChI is InChI=1S/C20H16F3N3O6S/c1-10-3-4-12(19(28)29)7-17(10)33(30,31)26-16-6-5-13(8-15(16)20(21,22)23)25-18(27)14-9-24-32-11(14)2/h3-9,26H,1-2H3,(H,25,27)(H,28,29). The Morgan fingerprint density at radius 3 is 2.36 bits per heavy atom. The number of nitrogens with one attached hydrogen (secondary N) is 2. The van der Waals surface area contributed by atoms with Crippen molar-refractivity contribution in [3.63, 3.8) is 0 Å². The average molecular weight is 483 g/mol. The summed E-state index contributed by atoms with van der Waals surface area (Å²) in [6.07, 6.45) is -3.88. The number of sulfonamides is 1. The second-order valence-corrected chi connectivity index (χ2v) is 8.55. The lowest BCUT2D eigenvalue weighted by molar-refractivity contribution is -0.136. The lowest BCUT2D eigenvalue weighted by Crippen LogP contribution is -2.19. The highest BCUT2D eigenvalue weighted by Crippen LogP contribution is 2.38. The van der Waals surface area contributed by atoms with E-state index in [0.717, 1.165) is 24.4 Å². The van der Waals surface area contributed by atoms with Gasteiger partial charge in [0.25, 0.3) is 15.9 Å². The molecule has 0 atom stereocenters. The predicted octanol–water partition coefficient (Wildman–Crippen LogP) is 4.06. The molecule has 0 saturated carbocycles. The summed E-state index contributed by atoms with van der Waals surface area (Å²) >= 11 is 0. The summed E-state index contributed by atoms with van der Waals surface area (Å²) in [5, 5.41) is 14.8. The smallest absolute Gasteiger partial charge is 0.418 e. The maximum absolute atomic E-state index is 13.7. The Morgan fingerprint density at radius 2 is 1.79 bits per heavy atom. The highest BCUT2D eigenvalue weighted by atomic mass is 32.2. The molecule has 9 nitrogen and oxygen atoms in total. The van der Waals surface area contributed by atoms with Crippen molar-refractivity contribution in [1.29, 1.82) is 0 Å². The monoisotopic (exact) mass is 483 g/mol. The second kappa shape index (κ2) is 8.58. The quantitative estimate of drug-likeness (QED) is 0.481. The van der Waals surface area contributed by atoms with Gasteiger partial charge in [0.05, 0.1) is 27.9 Å². The molecule has 0 saturated heterocycles. The maximum atomic E-state index is 13.7. The third-order valence-corrected chi connectivity index (χ3v) is 6.05. The Balaban J connectivity index is 1.98. The van der Waals surface area contributed by atoms with Crippen molar-refractivity contribution in [1.82, 2.24) is 5.16 Å². The lowest BCUT2D eigenvalue weighted by atomic mass is 10.1. The minimum absolute atomic E-state index is 0.0159. The Labute approximate surface area is 185 Å². The Hall–Kier alpha value is -3.87. The Morgan fingerprint density at radius 1 is 1.09 bits per heavy atom. The lowest BCUT2D eigenvalue weighted by Gasteiger charge is -2.17. The minimum Gasteiger partial charge on any atom is -0.478 e. The van der Waals surface area contributed by atoms with Gasteiger partial charge < -0.3 is 14.9 Å². The molecule has 174 valence electrons. The zero-order valence-electron chi connectivity index (χ0n) is 17.0. The molecule has 0 unspecified atom stereocenters. The number of carbonyl (C=O) groups is 2. The molecule has 3 rings (SSSR count). The fourth-order valence-electron chi connectivity index (χ4n) is 2.88. The van der Waals surface area contributed by atoms with E-state index in [-0.39, 0.29) is 28.1 Å². The number of carboxylic acid groups (broad SMARTS) is 1. The van der Waals surface area contributed by atoms with E-state index >= 15 is 0 Å². The number of nitrogens with zero attached hydrogens (tertiary/aromatic N) is 1. The molecule has 3 N–H and O–H groups in total. The normalized spacial score (nSPS) is 11.8. The van der Waals surface area contributed by atoms with E-state index in [9.17, 15) is 31.2 Å². The number of halogens is 3. The van der Waals surface area contributed by atoms with Gasteiger partial charge in [-0.15, -0.1) is 0 Å².